The molecule has 0 spiro atoms. The maximum atomic E-state index is 11.3. The second-order valence-corrected chi connectivity index (χ2v) is 3.69. The largest absolute Gasteiger partial charge is 0.481 e. The minimum atomic E-state index is -1.24. The van der Waals surface area contributed by atoms with Crippen LogP contribution in [-0.4, -0.2) is 28.9 Å². The van der Waals surface area contributed by atoms with Crippen LogP contribution in [0.3, 0.4) is 0 Å². The molecule has 0 heterocycles. The normalized spacial score (nSPS) is 14.4. The van der Waals surface area contributed by atoms with Crippen molar-refractivity contribution in [3.63, 3.8) is 0 Å². The third-order valence-corrected chi connectivity index (χ3v) is 2.03. The lowest BCUT2D eigenvalue weighted by molar-refractivity contribution is -0.147. The monoisotopic (exact) mass is 216 g/mol. The SMILES string of the molecule is CC(C(=O)O)C(=O)NC(C(N)=O)C(C)C. The number of rotatable bonds is 5. The predicted octanol–water partition coefficient (Wildman–Crippen LogP) is -0.667. The van der Waals surface area contributed by atoms with Crippen molar-refractivity contribution in [2.24, 2.45) is 17.6 Å². The van der Waals surface area contributed by atoms with Crippen LogP contribution in [0.15, 0.2) is 0 Å². The molecule has 0 saturated heterocycles. The molecule has 0 aromatic carbocycles. The summed E-state index contributed by atoms with van der Waals surface area (Å²) in [6.45, 7) is 4.67. The van der Waals surface area contributed by atoms with E-state index >= 15 is 0 Å². The Morgan fingerprint density at radius 1 is 1.20 bits per heavy atom. The van der Waals surface area contributed by atoms with E-state index in [1.807, 2.05) is 0 Å². The lowest BCUT2D eigenvalue weighted by Gasteiger charge is -2.19. The summed E-state index contributed by atoms with van der Waals surface area (Å²) >= 11 is 0. The fourth-order valence-electron chi connectivity index (χ4n) is 0.957. The first-order valence-corrected chi connectivity index (χ1v) is 4.59. The highest BCUT2D eigenvalue weighted by molar-refractivity contribution is 5.98. The van der Waals surface area contributed by atoms with Crippen molar-refractivity contribution in [1.82, 2.24) is 5.32 Å². The summed E-state index contributed by atoms with van der Waals surface area (Å²) in [4.78, 5) is 32.7. The molecule has 0 bridgehead atoms. The van der Waals surface area contributed by atoms with Crippen LogP contribution in [0.2, 0.25) is 0 Å². The van der Waals surface area contributed by atoms with Gasteiger partial charge in [0.2, 0.25) is 11.8 Å². The summed E-state index contributed by atoms with van der Waals surface area (Å²) in [5.74, 6) is -3.98. The second-order valence-electron chi connectivity index (χ2n) is 3.69. The van der Waals surface area contributed by atoms with Crippen LogP contribution in [0.25, 0.3) is 0 Å². The molecular weight excluding hydrogens is 200 g/mol. The molecule has 0 saturated carbocycles. The number of carbonyl (C=O) groups is 3. The first-order chi connectivity index (χ1) is 6.77. The summed E-state index contributed by atoms with van der Waals surface area (Å²) in [6.07, 6.45) is 0. The van der Waals surface area contributed by atoms with Gasteiger partial charge in [-0.2, -0.15) is 0 Å². The molecule has 15 heavy (non-hydrogen) atoms. The van der Waals surface area contributed by atoms with E-state index in [9.17, 15) is 14.4 Å². The molecule has 0 rings (SSSR count). The molecule has 0 aliphatic heterocycles. The molecule has 2 amide bonds. The number of nitrogens with two attached hydrogens (primary N) is 1. The molecule has 0 fully saturated rings. The van der Waals surface area contributed by atoms with Crippen molar-refractivity contribution in [2.75, 3.05) is 0 Å². The van der Waals surface area contributed by atoms with Crippen LogP contribution in [0.1, 0.15) is 20.8 Å². The first-order valence-electron chi connectivity index (χ1n) is 4.59. The van der Waals surface area contributed by atoms with Gasteiger partial charge in [0.05, 0.1) is 0 Å². The van der Waals surface area contributed by atoms with Gasteiger partial charge in [-0.1, -0.05) is 13.8 Å². The summed E-state index contributed by atoms with van der Waals surface area (Å²) in [5.41, 5.74) is 5.06. The predicted molar refractivity (Wildman–Crippen MR) is 52.8 cm³/mol. The van der Waals surface area contributed by atoms with E-state index in [-0.39, 0.29) is 5.92 Å². The molecule has 0 aliphatic carbocycles. The molecule has 2 atom stereocenters. The number of carboxylic acids is 1. The molecule has 0 aromatic rings. The molecular formula is C9H16N2O4. The highest BCUT2D eigenvalue weighted by atomic mass is 16.4. The van der Waals surface area contributed by atoms with Gasteiger partial charge in [-0.25, -0.2) is 0 Å². The van der Waals surface area contributed by atoms with Gasteiger partial charge in [-0.3, -0.25) is 14.4 Å². The summed E-state index contributed by atoms with van der Waals surface area (Å²) < 4.78 is 0. The van der Waals surface area contributed by atoms with Crippen molar-refractivity contribution in [3.05, 3.63) is 0 Å². The number of hydrogen-bond acceptors (Lipinski definition) is 3. The van der Waals surface area contributed by atoms with Gasteiger partial charge in [0.15, 0.2) is 0 Å². The van der Waals surface area contributed by atoms with Crippen LogP contribution in [0.5, 0.6) is 0 Å². The van der Waals surface area contributed by atoms with Gasteiger partial charge in [-0.15, -0.1) is 0 Å². The summed E-state index contributed by atoms with van der Waals surface area (Å²) in [6, 6.07) is -0.834. The van der Waals surface area contributed by atoms with Gasteiger partial charge in [-0.05, 0) is 12.8 Å². The van der Waals surface area contributed by atoms with Crippen LogP contribution in [0.4, 0.5) is 0 Å². The smallest absolute Gasteiger partial charge is 0.315 e. The molecule has 6 nitrogen and oxygen atoms in total. The number of nitrogens with one attached hydrogen (secondary N) is 1. The fourth-order valence-corrected chi connectivity index (χ4v) is 0.957. The van der Waals surface area contributed by atoms with E-state index < -0.39 is 29.7 Å². The van der Waals surface area contributed by atoms with E-state index in [2.05, 4.69) is 5.32 Å². The second kappa shape index (κ2) is 5.33. The van der Waals surface area contributed by atoms with Crippen LogP contribution >= 0.6 is 0 Å². The third kappa shape index (κ3) is 3.97. The van der Waals surface area contributed by atoms with Gasteiger partial charge >= 0.3 is 5.97 Å². The Bertz CT molecular complexity index is 275. The summed E-state index contributed by atoms with van der Waals surface area (Å²) in [5, 5.41) is 10.9. The Labute approximate surface area is 87.8 Å². The number of hydrogen-bond donors (Lipinski definition) is 3. The van der Waals surface area contributed by atoms with Crippen LogP contribution < -0.4 is 11.1 Å². The Morgan fingerprint density at radius 2 is 1.67 bits per heavy atom. The van der Waals surface area contributed by atoms with Crippen molar-refractivity contribution in [1.29, 1.82) is 0 Å². The Kier molecular flexibility index (Phi) is 4.77. The molecule has 86 valence electrons. The Morgan fingerprint density at radius 3 is 1.93 bits per heavy atom. The van der Waals surface area contributed by atoms with Crippen molar-refractivity contribution >= 4 is 17.8 Å². The summed E-state index contributed by atoms with van der Waals surface area (Å²) in [7, 11) is 0. The van der Waals surface area contributed by atoms with E-state index in [0.29, 0.717) is 0 Å². The zero-order valence-corrected chi connectivity index (χ0v) is 8.98. The number of amides is 2. The number of carbonyl (C=O) groups excluding carboxylic acids is 2. The van der Waals surface area contributed by atoms with E-state index in [4.69, 9.17) is 10.8 Å². The Hall–Kier alpha value is -1.59. The zero-order chi connectivity index (χ0) is 12.2. The number of aliphatic carboxylic acids is 1. The van der Waals surface area contributed by atoms with Gasteiger partial charge in [0.25, 0.3) is 0 Å². The molecule has 4 N–H and O–H groups in total. The van der Waals surface area contributed by atoms with Crippen LogP contribution in [0, 0.1) is 11.8 Å². The molecule has 0 radical (unpaired) electrons. The van der Waals surface area contributed by atoms with E-state index in [1.54, 1.807) is 13.8 Å². The van der Waals surface area contributed by atoms with Crippen molar-refractivity contribution < 1.29 is 19.5 Å². The minimum absolute atomic E-state index is 0.174. The highest BCUT2D eigenvalue weighted by Gasteiger charge is 2.27. The maximum absolute atomic E-state index is 11.3. The molecule has 6 heteroatoms. The minimum Gasteiger partial charge on any atom is -0.481 e. The third-order valence-electron chi connectivity index (χ3n) is 2.03. The topological polar surface area (TPSA) is 109 Å². The average molecular weight is 216 g/mol. The molecule has 0 aliphatic rings. The van der Waals surface area contributed by atoms with E-state index in [1.165, 1.54) is 6.92 Å². The highest BCUT2D eigenvalue weighted by Crippen LogP contribution is 2.03. The van der Waals surface area contributed by atoms with E-state index in [0.717, 1.165) is 0 Å². The van der Waals surface area contributed by atoms with Gasteiger partial charge < -0.3 is 16.2 Å². The van der Waals surface area contributed by atoms with Crippen molar-refractivity contribution in [2.45, 2.75) is 26.8 Å². The average Bonchev–Trinajstić information content (AvgIpc) is 2.11. The number of carboxylic acid groups (broad SMARTS) is 1. The Balaban J connectivity index is 4.49. The van der Waals surface area contributed by atoms with Crippen molar-refractivity contribution in [3.8, 4) is 0 Å². The quantitative estimate of drug-likeness (QED) is 0.529. The van der Waals surface area contributed by atoms with Gasteiger partial charge in [0.1, 0.15) is 12.0 Å². The molecule has 2 unspecified atom stereocenters. The molecule has 0 aromatic heterocycles. The van der Waals surface area contributed by atoms with Crippen LogP contribution in [-0.2, 0) is 14.4 Å². The standard InChI is InChI=1S/C9H16N2O4/c1-4(2)6(7(10)12)11-8(13)5(3)9(14)15/h4-6H,1-3H3,(H2,10,12)(H,11,13)(H,14,15). The number of primary amides is 1. The fraction of sp³-hybridized carbons (Fsp3) is 0.667. The zero-order valence-electron chi connectivity index (χ0n) is 8.98. The van der Waals surface area contributed by atoms with Gasteiger partial charge in [0, 0.05) is 0 Å². The maximum Gasteiger partial charge on any atom is 0.315 e. The lowest BCUT2D eigenvalue weighted by atomic mass is 10.0. The lowest BCUT2D eigenvalue weighted by Crippen LogP contribution is -2.50. The first kappa shape index (κ1) is 13.4.